The molecule has 2 rings (SSSR count). The third kappa shape index (κ3) is 2.81. The Kier molecular flexibility index (Phi) is 3.37. The first kappa shape index (κ1) is 11.6. The van der Waals surface area contributed by atoms with Crippen LogP contribution in [0.1, 0.15) is 16.7 Å². The van der Waals surface area contributed by atoms with Crippen LogP contribution in [-0.2, 0) is 0 Å². The van der Waals surface area contributed by atoms with Gasteiger partial charge in [-0.25, -0.2) is 0 Å². The average Bonchev–Trinajstić information content (AvgIpc) is 2.30. The highest BCUT2D eigenvalue weighted by Gasteiger charge is 1.97. The molecule has 1 nitrogen and oxygen atoms in total. The predicted octanol–water partition coefficient (Wildman–Crippen LogP) is 3.63. The number of halogens is 1. The van der Waals surface area contributed by atoms with Crippen LogP contribution in [0.5, 0.6) is 0 Å². The van der Waals surface area contributed by atoms with E-state index in [-0.39, 0.29) is 0 Å². The molecule has 2 N–H and O–H groups in total. The van der Waals surface area contributed by atoms with Gasteiger partial charge in [-0.1, -0.05) is 41.6 Å². The first-order chi connectivity index (χ1) is 8.16. The Morgan fingerprint density at radius 1 is 1.00 bits per heavy atom. The molecular weight excluding hydrogens is 230 g/mol. The van der Waals surface area contributed by atoms with Crippen molar-refractivity contribution in [2.24, 2.45) is 0 Å². The molecule has 0 aromatic heterocycles. The molecule has 0 saturated heterocycles. The lowest BCUT2D eigenvalue weighted by Gasteiger charge is -1.98. The summed E-state index contributed by atoms with van der Waals surface area (Å²) in [5.74, 6) is 6.07. The van der Waals surface area contributed by atoms with Crippen LogP contribution < -0.4 is 5.73 Å². The molecule has 84 valence electrons. The maximum Gasteiger partial charge on any atom is 0.0565 e. The fourth-order valence-electron chi connectivity index (χ4n) is 1.47. The van der Waals surface area contributed by atoms with E-state index in [1.807, 2.05) is 49.4 Å². The smallest absolute Gasteiger partial charge is 0.0565 e. The van der Waals surface area contributed by atoms with E-state index < -0.39 is 0 Å². The number of nitrogens with two attached hydrogens (primary N) is 1. The van der Waals surface area contributed by atoms with Gasteiger partial charge in [-0.05, 0) is 36.8 Å². The van der Waals surface area contributed by atoms with E-state index in [2.05, 4.69) is 11.8 Å². The first-order valence-electron chi connectivity index (χ1n) is 5.29. The Morgan fingerprint density at radius 3 is 2.41 bits per heavy atom. The second-order valence-electron chi connectivity index (χ2n) is 3.82. The zero-order chi connectivity index (χ0) is 12.3. The average molecular weight is 242 g/mol. The van der Waals surface area contributed by atoms with Crippen molar-refractivity contribution in [3.05, 3.63) is 64.2 Å². The monoisotopic (exact) mass is 241 g/mol. The summed E-state index contributed by atoms with van der Waals surface area (Å²) in [6.07, 6.45) is 0. The van der Waals surface area contributed by atoms with Gasteiger partial charge in [0, 0.05) is 16.8 Å². The van der Waals surface area contributed by atoms with Crippen molar-refractivity contribution in [2.75, 3.05) is 5.73 Å². The highest BCUT2D eigenvalue weighted by Crippen LogP contribution is 2.17. The highest BCUT2D eigenvalue weighted by atomic mass is 35.5. The summed E-state index contributed by atoms with van der Waals surface area (Å²) in [6, 6.07) is 13.3. The summed E-state index contributed by atoms with van der Waals surface area (Å²) in [6.45, 7) is 2.00. The Hall–Kier alpha value is -1.91. The molecule has 0 aliphatic heterocycles. The van der Waals surface area contributed by atoms with E-state index >= 15 is 0 Å². The second kappa shape index (κ2) is 4.95. The molecule has 0 spiro atoms. The molecule has 0 fully saturated rings. The number of aryl methyl sites for hydroxylation is 1. The van der Waals surface area contributed by atoms with Crippen molar-refractivity contribution in [2.45, 2.75) is 6.92 Å². The van der Waals surface area contributed by atoms with Gasteiger partial charge in [0.2, 0.25) is 0 Å². The lowest BCUT2D eigenvalue weighted by atomic mass is 10.1. The zero-order valence-corrected chi connectivity index (χ0v) is 10.3. The topological polar surface area (TPSA) is 26.0 Å². The van der Waals surface area contributed by atoms with Crippen LogP contribution in [-0.4, -0.2) is 0 Å². The Labute approximate surface area is 106 Å². The summed E-state index contributed by atoms with van der Waals surface area (Å²) in [5.41, 5.74) is 9.26. The Balaban J connectivity index is 2.37. The van der Waals surface area contributed by atoms with E-state index in [1.165, 1.54) is 0 Å². The molecule has 0 saturated carbocycles. The molecule has 0 aliphatic rings. The number of rotatable bonds is 0. The van der Waals surface area contributed by atoms with E-state index in [0.29, 0.717) is 10.7 Å². The van der Waals surface area contributed by atoms with Gasteiger partial charge in [0.25, 0.3) is 0 Å². The van der Waals surface area contributed by atoms with E-state index in [0.717, 1.165) is 16.7 Å². The molecular formula is C15H12ClN. The number of anilines is 1. The molecule has 2 aromatic carbocycles. The maximum absolute atomic E-state index is 6.10. The SMILES string of the molecule is Cc1ccc(C#Cc2ccccc2N)c(Cl)c1. The summed E-state index contributed by atoms with van der Waals surface area (Å²) in [5, 5.41) is 0.673. The normalized spacial score (nSPS) is 9.53. The van der Waals surface area contributed by atoms with Gasteiger partial charge in [-0.15, -0.1) is 0 Å². The number of hydrogen-bond donors (Lipinski definition) is 1. The van der Waals surface area contributed by atoms with Crippen LogP contribution in [0, 0.1) is 18.8 Å². The van der Waals surface area contributed by atoms with Crippen LogP contribution in [0.2, 0.25) is 5.02 Å². The van der Waals surface area contributed by atoms with Gasteiger partial charge >= 0.3 is 0 Å². The fourth-order valence-corrected chi connectivity index (χ4v) is 1.75. The van der Waals surface area contributed by atoms with Crippen LogP contribution in [0.4, 0.5) is 5.69 Å². The summed E-state index contributed by atoms with van der Waals surface area (Å²) < 4.78 is 0. The van der Waals surface area contributed by atoms with Gasteiger partial charge in [-0.3, -0.25) is 0 Å². The van der Waals surface area contributed by atoms with Crippen LogP contribution in [0.25, 0.3) is 0 Å². The van der Waals surface area contributed by atoms with Gasteiger partial charge in [0.1, 0.15) is 0 Å². The van der Waals surface area contributed by atoms with Crippen LogP contribution in [0.15, 0.2) is 42.5 Å². The van der Waals surface area contributed by atoms with Crippen molar-refractivity contribution in [1.29, 1.82) is 0 Å². The molecule has 0 heterocycles. The van der Waals surface area contributed by atoms with E-state index in [9.17, 15) is 0 Å². The van der Waals surface area contributed by atoms with Gasteiger partial charge in [0.15, 0.2) is 0 Å². The minimum absolute atomic E-state index is 0.673. The molecule has 0 radical (unpaired) electrons. The van der Waals surface area contributed by atoms with Gasteiger partial charge in [0.05, 0.1) is 5.02 Å². The molecule has 0 aliphatic carbocycles. The summed E-state index contributed by atoms with van der Waals surface area (Å²) in [7, 11) is 0. The standard InChI is InChI=1S/C15H12ClN/c1-11-6-7-12(14(16)10-11)8-9-13-4-2-3-5-15(13)17/h2-7,10H,17H2,1H3. The number of para-hydroxylation sites is 1. The third-order valence-electron chi connectivity index (χ3n) is 2.42. The van der Waals surface area contributed by atoms with Crippen molar-refractivity contribution in [3.63, 3.8) is 0 Å². The predicted molar refractivity (Wildman–Crippen MR) is 73.0 cm³/mol. The number of hydrogen-bond acceptors (Lipinski definition) is 1. The van der Waals surface area contributed by atoms with Gasteiger partial charge < -0.3 is 5.73 Å². The third-order valence-corrected chi connectivity index (χ3v) is 2.73. The quantitative estimate of drug-likeness (QED) is 0.553. The Morgan fingerprint density at radius 2 is 1.71 bits per heavy atom. The summed E-state index contributed by atoms with van der Waals surface area (Å²) in [4.78, 5) is 0. The molecule has 17 heavy (non-hydrogen) atoms. The molecule has 0 atom stereocenters. The van der Waals surface area contributed by atoms with Crippen LogP contribution in [0.3, 0.4) is 0 Å². The fraction of sp³-hybridized carbons (Fsp3) is 0.0667. The van der Waals surface area contributed by atoms with E-state index in [4.69, 9.17) is 17.3 Å². The van der Waals surface area contributed by atoms with Crippen LogP contribution >= 0.6 is 11.6 Å². The highest BCUT2D eigenvalue weighted by molar-refractivity contribution is 6.31. The lowest BCUT2D eigenvalue weighted by Crippen LogP contribution is -1.88. The molecule has 0 bridgehead atoms. The minimum Gasteiger partial charge on any atom is -0.398 e. The van der Waals surface area contributed by atoms with Crippen molar-refractivity contribution in [1.82, 2.24) is 0 Å². The zero-order valence-electron chi connectivity index (χ0n) is 9.50. The second-order valence-corrected chi connectivity index (χ2v) is 4.23. The Bertz CT molecular complexity index is 606. The maximum atomic E-state index is 6.10. The molecule has 2 heteroatoms. The van der Waals surface area contributed by atoms with E-state index in [1.54, 1.807) is 0 Å². The molecule has 0 amide bonds. The van der Waals surface area contributed by atoms with Crippen molar-refractivity contribution in [3.8, 4) is 11.8 Å². The summed E-state index contributed by atoms with van der Waals surface area (Å²) >= 11 is 6.10. The van der Waals surface area contributed by atoms with Gasteiger partial charge in [-0.2, -0.15) is 0 Å². The number of nitrogen functional groups attached to an aromatic ring is 1. The molecule has 0 unspecified atom stereocenters. The first-order valence-corrected chi connectivity index (χ1v) is 5.67. The van der Waals surface area contributed by atoms with Crippen molar-refractivity contribution < 1.29 is 0 Å². The minimum atomic E-state index is 0.673. The number of benzene rings is 2. The van der Waals surface area contributed by atoms with Crippen molar-refractivity contribution >= 4 is 17.3 Å². The molecule has 2 aromatic rings. The lowest BCUT2D eigenvalue weighted by molar-refractivity contribution is 1.46. The largest absolute Gasteiger partial charge is 0.398 e.